The van der Waals surface area contributed by atoms with Gasteiger partial charge < -0.3 is 0 Å². The van der Waals surface area contributed by atoms with Crippen molar-refractivity contribution in [3.05, 3.63) is 82.7 Å². The second-order valence-electron chi connectivity index (χ2n) is 7.72. The van der Waals surface area contributed by atoms with Gasteiger partial charge in [-0.25, -0.2) is 4.39 Å². The molecule has 1 fully saturated rings. The molecule has 0 bridgehead atoms. The van der Waals surface area contributed by atoms with Crippen molar-refractivity contribution in [2.45, 2.75) is 58.3 Å². The Balaban J connectivity index is 1.61. The highest BCUT2D eigenvalue weighted by molar-refractivity contribution is 5.45. The van der Waals surface area contributed by atoms with E-state index in [4.69, 9.17) is 0 Å². The van der Waals surface area contributed by atoms with Gasteiger partial charge in [0.2, 0.25) is 0 Å². The van der Waals surface area contributed by atoms with Gasteiger partial charge in [0.25, 0.3) is 0 Å². The van der Waals surface area contributed by atoms with Crippen LogP contribution in [-0.4, -0.2) is 0 Å². The predicted molar refractivity (Wildman–Crippen MR) is 112 cm³/mol. The van der Waals surface area contributed by atoms with Crippen LogP contribution in [0.15, 0.2) is 54.6 Å². The number of rotatable bonds is 4. The molecule has 0 unspecified atom stereocenters. The molecule has 0 heterocycles. The number of aryl methyl sites for hydroxylation is 1. The van der Waals surface area contributed by atoms with Crippen molar-refractivity contribution >= 4 is 0 Å². The molecule has 0 aliphatic heterocycles. The van der Waals surface area contributed by atoms with Crippen molar-refractivity contribution in [1.82, 2.24) is 0 Å². The molecule has 0 nitrogen and oxygen atoms in total. The summed E-state index contributed by atoms with van der Waals surface area (Å²) in [7, 11) is 0. The van der Waals surface area contributed by atoms with Crippen LogP contribution >= 0.6 is 0 Å². The van der Waals surface area contributed by atoms with E-state index in [1.54, 1.807) is 6.07 Å². The minimum atomic E-state index is -0.192. The molecule has 0 saturated heterocycles. The van der Waals surface area contributed by atoms with Crippen LogP contribution in [0.3, 0.4) is 0 Å². The Morgan fingerprint density at radius 3 is 2.41 bits per heavy atom. The fraction of sp³-hybridized carbons (Fsp3) is 0.385. The number of hydrogen-bond donors (Lipinski definition) is 0. The Hall–Kier alpha value is -2.33. The van der Waals surface area contributed by atoms with Crippen molar-refractivity contribution in [1.29, 1.82) is 0 Å². The monoisotopic (exact) mass is 360 g/mol. The van der Waals surface area contributed by atoms with E-state index in [-0.39, 0.29) is 5.82 Å². The molecule has 1 saturated carbocycles. The van der Waals surface area contributed by atoms with Crippen LogP contribution in [0.5, 0.6) is 0 Å². The minimum absolute atomic E-state index is 0.192. The SMILES string of the molecule is C/C=C/CCC1CCC(c2ccc(C#Cc3ccc(C)cc3)c(F)c2)CC1. The van der Waals surface area contributed by atoms with Crippen molar-refractivity contribution in [2.24, 2.45) is 5.92 Å². The summed E-state index contributed by atoms with van der Waals surface area (Å²) >= 11 is 0. The van der Waals surface area contributed by atoms with E-state index in [9.17, 15) is 4.39 Å². The zero-order chi connectivity index (χ0) is 19.1. The summed E-state index contributed by atoms with van der Waals surface area (Å²) in [5, 5.41) is 0. The molecule has 1 heteroatoms. The molecule has 0 aromatic heterocycles. The van der Waals surface area contributed by atoms with E-state index in [1.807, 2.05) is 37.3 Å². The zero-order valence-corrected chi connectivity index (χ0v) is 16.5. The van der Waals surface area contributed by atoms with Gasteiger partial charge in [-0.05, 0) is 94.0 Å². The lowest BCUT2D eigenvalue weighted by Crippen LogP contribution is -2.13. The van der Waals surface area contributed by atoms with Gasteiger partial charge in [0.15, 0.2) is 0 Å². The van der Waals surface area contributed by atoms with Crippen molar-refractivity contribution in [3.8, 4) is 11.8 Å². The average Bonchev–Trinajstić information content (AvgIpc) is 2.69. The smallest absolute Gasteiger partial charge is 0.139 e. The largest absolute Gasteiger partial charge is 0.206 e. The first-order chi connectivity index (χ1) is 13.2. The first kappa shape index (κ1) is 19.4. The molecule has 2 aromatic carbocycles. The van der Waals surface area contributed by atoms with Crippen LogP contribution in [-0.2, 0) is 0 Å². The maximum absolute atomic E-state index is 14.5. The zero-order valence-electron chi connectivity index (χ0n) is 16.5. The molecule has 0 amide bonds. The Morgan fingerprint density at radius 1 is 1.00 bits per heavy atom. The maximum Gasteiger partial charge on any atom is 0.139 e. The summed E-state index contributed by atoms with van der Waals surface area (Å²) in [5.41, 5.74) is 3.74. The van der Waals surface area contributed by atoms with Gasteiger partial charge in [0.1, 0.15) is 5.82 Å². The number of hydrogen-bond acceptors (Lipinski definition) is 0. The van der Waals surface area contributed by atoms with Crippen molar-refractivity contribution in [3.63, 3.8) is 0 Å². The van der Waals surface area contributed by atoms with E-state index in [0.29, 0.717) is 11.5 Å². The second-order valence-corrected chi connectivity index (χ2v) is 7.72. The van der Waals surface area contributed by atoms with Gasteiger partial charge in [-0.15, -0.1) is 0 Å². The predicted octanol–water partition coefficient (Wildman–Crippen LogP) is 7.16. The lowest BCUT2D eigenvalue weighted by Gasteiger charge is -2.28. The van der Waals surface area contributed by atoms with E-state index in [0.717, 1.165) is 17.0 Å². The molecular formula is C26H29F. The molecule has 27 heavy (non-hydrogen) atoms. The molecule has 0 N–H and O–H groups in total. The fourth-order valence-electron chi connectivity index (χ4n) is 3.95. The summed E-state index contributed by atoms with van der Waals surface area (Å²) in [6.07, 6.45) is 11.8. The van der Waals surface area contributed by atoms with E-state index in [1.165, 1.54) is 44.1 Å². The van der Waals surface area contributed by atoms with Crippen LogP contribution in [0.4, 0.5) is 4.39 Å². The lowest BCUT2D eigenvalue weighted by molar-refractivity contribution is 0.311. The standard InChI is InChI=1S/C26H29F/c1-3-4-5-6-21-11-14-23(15-12-21)25-18-17-24(26(27)19-25)16-13-22-9-7-20(2)8-10-22/h3-4,7-10,17-19,21,23H,5-6,11-12,14-15H2,1-2H3/b4-3+. The normalized spacial score (nSPS) is 19.7. The Labute approximate surface area is 163 Å². The molecular weight excluding hydrogens is 331 g/mol. The van der Waals surface area contributed by atoms with Gasteiger partial charge >= 0.3 is 0 Å². The summed E-state index contributed by atoms with van der Waals surface area (Å²) in [6, 6.07) is 13.6. The van der Waals surface area contributed by atoms with E-state index >= 15 is 0 Å². The van der Waals surface area contributed by atoms with Gasteiger partial charge in [-0.1, -0.05) is 47.8 Å². The molecule has 1 aliphatic rings. The number of benzene rings is 2. The Morgan fingerprint density at radius 2 is 1.74 bits per heavy atom. The summed E-state index contributed by atoms with van der Waals surface area (Å²) in [4.78, 5) is 0. The van der Waals surface area contributed by atoms with E-state index in [2.05, 4.69) is 37.0 Å². The first-order valence-corrected chi connectivity index (χ1v) is 10.1. The highest BCUT2D eigenvalue weighted by atomic mass is 19.1. The summed E-state index contributed by atoms with van der Waals surface area (Å²) < 4.78 is 14.5. The highest BCUT2D eigenvalue weighted by Gasteiger charge is 2.22. The molecule has 0 atom stereocenters. The van der Waals surface area contributed by atoms with Gasteiger partial charge in [0, 0.05) is 5.56 Å². The van der Waals surface area contributed by atoms with Crippen LogP contribution < -0.4 is 0 Å². The third-order valence-corrected chi connectivity index (χ3v) is 5.68. The van der Waals surface area contributed by atoms with Crippen molar-refractivity contribution < 1.29 is 4.39 Å². The summed E-state index contributed by atoms with van der Waals surface area (Å²) in [6.45, 7) is 4.13. The van der Waals surface area contributed by atoms with Crippen LogP contribution in [0, 0.1) is 30.5 Å². The number of halogens is 1. The van der Waals surface area contributed by atoms with Crippen LogP contribution in [0.2, 0.25) is 0 Å². The average molecular weight is 361 g/mol. The molecule has 3 rings (SSSR count). The van der Waals surface area contributed by atoms with Gasteiger partial charge in [-0.2, -0.15) is 0 Å². The summed E-state index contributed by atoms with van der Waals surface area (Å²) in [5.74, 6) is 7.19. The first-order valence-electron chi connectivity index (χ1n) is 10.1. The number of allylic oxidation sites excluding steroid dienone is 2. The maximum atomic E-state index is 14.5. The molecule has 1 aliphatic carbocycles. The van der Waals surface area contributed by atoms with E-state index < -0.39 is 0 Å². The van der Waals surface area contributed by atoms with Crippen molar-refractivity contribution in [2.75, 3.05) is 0 Å². The fourth-order valence-corrected chi connectivity index (χ4v) is 3.95. The lowest BCUT2D eigenvalue weighted by atomic mass is 9.77. The van der Waals surface area contributed by atoms with Gasteiger partial charge in [0.05, 0.1) is 5.56 Å². The molecule has 140 valence electrons. The second kappa shape index (κ2) is 9.56. The molecule has 0 spiro atoms. The Bertz CT molecular complexity index is 825. The third kappa shape index (κ3) is 5.57. The molecule has 2 aromatic rings. The molecule has 0 radical (unpaired) electrons. The Kier molecular flexibility index (Phi) is 6.88. The van der Waals surface area contributed by atoms with Gasteiger partial charge in [-0.3, -0.25) is 0 Å². The minimum Gasteiger partial charge on any atom is -0.206 e. The third-order valence-electron chi connectivity index (χ3n) is 5.68. The van der Waals surface area contributed by atoms with Crippen LogP contribution in [0.1, 0.15) is 73.6 Å². The highest BCUT2D eigenvalue weighted by Crippen LogP contribution is 2.37. The topological polar surface area (TPSA) is 0 Å². The quantitative estimate of drug-likeness (QED) is 0.401. The van der Waals surface area contributed by atoms with Crippen LogP contribution in [0.25, 0.3) is 0 Å².